The molecule has 20 heavy (non-hydrogen) atoms. The van der Waals surface area contributed by atoms with Crippen LogP contribution in [0.3, 0.4) is 0 Å². The third kappa shape index (κ3) is 2.93. The summed E-state index contributed by atoms with van der Waals surface area (Å²) in [6, 6.07) is 11.0. The molecule has 1 unspecified atom stereocenters. The first-order valence-electron chi connectivity index (χ1n) is 7.38. The van der Waals surface area contributed by atoms with Crippen molar-refractivity contribution in [1.82, 2.24) is 4.90 Å². The maximum atomic E-state index is 11.9. The third-order valence-electron chi connectivity index (χ3n) is 4.55. The molecule has 0 aromatic heterocycles. The maximum Gasteiger partial charge on any atom is 0.331 e. The molecule has 2 aliphatic heterocycles. The zero-order chi connectivity index (χ0) is 13.9. The molecule has 3 rings (SSSR count). The number of nitrogens with zero attached hydrogens (tertiary/aromatic N) is 1. The summed E-state index contributed by atoms with van der Waals surface area (Å²) < 4.78 is 5.59. The second kappa shape index (κ2) is 5.80. The summed E-state index contributed by atoms with van der Waals surface area (Å²) in [5.41, 5.74) is 1.02. The molecule has 0 saturated carbocycles. The van der Waals surface area contributed by atoms with E-state index in [-0.39, 0.29) is 12.1 Å². The van der Waals surface area contributed by atoms with Gasteiger partial charge in [0.2, 0.25) is 0 Å². The second-order valence-corrected chi connectivity index (χ2v) is 5.82. The quantitative estimate of drug-likeness (QED) is 0.625. The Kier molecular flexibility index (Phi) is 3.88. The number of fused-ring (bicyclic) bond motifs is 2. The average molecular weight is 271 g/mol. The Balaban J connectivity index is 1.54. The van der Waals surface area contributed by atoms with Crippen molar-refractivity contribution in [2.45, 2.75) is 43.9 Å². The van der Waals surface area contributed by atoms with Crippen LogP contribution in [0.4, 0.5) is 0 Å². The SMILES string of the molecule is CN1[C@@H]2CC[C@H]1CC(OC(=O)/C=C/c1ccccc1)C2. The maximum absolute atomic E-state index is 11.9. The number of piperidine rings is 1. The third-order valence-corrected chi connectivity index (χ3v) is 4.55. The highest BCUT2D eigenvalue weighted by Gasteiger charge is 2.39. The van der Waals surface area contributed by atoms with Crippen molar-refractivity contribution >= 4 is 12.0 Å². The van der Waals surface area contributed by atoms with Gasteiger partial charge in [-0.1, -0.05) is 30.3 Å². The number of rotatable bonds is 3. The number of benzene rings is 1. The van der Waals surface area contributed by atoms with Gasteiger partial charge in [0.15, 0.2) is 0 Å². The first-order valence-corrected chi connectivity index (χ1v) is 7.38. The lowest BCUT2D eigenvalue weighted by molar-refractivity contribution is -0.146. The summed E-state index contributed by atoms with van der Waals surface area (Å²) in [6.07, 6.45) is 7.90. The van der Waals surface area contributed by atoms with Crippen LogP contribution in [0.15, 0.2) is 36.4 Å². The molecule has 2 fully saturated rings. The number of hydrogen-bond acceptors (Lipinski definition) is 3. The average Bonchev–Trinajstić information content (AvgIpc) is 2.68. The lowest BCUT2D eigenvalue weighted by Gasteiger charge is -2.35. The van der Waals surface area contributed by atoms with Gasteiger partial charge in [-0.15, -0.1) is 0 Å². The molecule has 0 radical (unpaired) electrons. The van der Waals surface area contributed by atoms with E-state index in [1.165, 1.54) is 18.9 Å². The molecule has 2 bridgehead atoms. The zero-order valence-electron chi connectivity index (χ0n) is 11.9. The lowest BCUT2D eigenvalue weighted by atomic mass is 10.0. The number of ether oxygens (including phenoxy) is 1. The number of hydrogen-bond donors (Lipinski definition) is 0. The number of esters is 1. The van der Waals surface area contributed by atoms with E-state index in [0.29, 0.717) is 12.1 Å². The standard InChI is InChI=1S/C17H21NO2/c1-18-14-8-9-15(18)12-16(11-14)20-17(19)10-7-13-5-3-2-4-6-13/h2-7,10,14-16H,8-9,11-12H2,1H3/b10-7+/t14-,15+,16?. The highest BCUT2D eigenvalue weighted by atomic mass is 16.5. The van der Waals surface area contributed by atoms with Crippen molar-refractivity contribution in [3.63, 3.8) is 0 Å². The number of carbonyl (C=O) groups excluding carboxylic acids is 1. The van der Waals surface area contributed by atoms with E-state index in [4.69, 9.17) is 4.74 Å². The molecule has 2 aliphatic rings. The van der Waals surface area contributed by atoms with Crippen LogP contribution in [-0.2, 0) is 9.53 Å². The Labute approximate surface area is 120 Å². The van der Waals surface area contributed by atoms with Crippen LogP contribution in [-0.4, -0.2) is 36.1 Å². The van der Waals surface area contributed by atoms with Crippen molar-refractivity contribution in [1.29, 1.82) is 0 Å². The van der Waals surface area contributed by atoms with Crippen LogP contribution in [0.25, 0.3) is 6.08 Å². The van der Waals surface area contributed by atoms with Gasteiger partial charge in [-0.3, -0.25) is 0 Å². The van der Waals surface area contributed by atoms with Gasteiger partial charge in [-0.25, -0.2) is 4.79 Å². The van der Waals surface area contributed by atoms with E-state index in [2.05, 4.69) is 11.9 Å². The Morgan fingerprint density at radius 3 is 2.50 bits per heavy atom. The Morgan fingerprint density at radius 2 is 1.85 bits per heavy atom. The summed E-state index contributed by atoms with van der Waals surface area (Å²) in [7, 11) is 2.19. The molecule has 0 N–H and O–H groups in total. The Hall–Kier alpha value is -1.61. The Morgan fingerprint density at radius 1 is 1.20 bits per heavy atom. The largest absolute Gasteiger partial charge is 0.459 e. The molecule has 0 spiro atoms. The van der Waals surface area contributed by atoms with Crippen molar-refractivity contribution in [3.8, 4) is 0 Å². The molecule has 0 aliphatic carbocycles. The molecule has 2 saturated heterocycles. The van der Waals surface area contributed by atoms with Gasteiger partial charge in [0, 0.05) is 31.0 Å². The Bertz CT molecular complexity index is 483. The van der Waals surface area contributed by atoms with Crippen LogP contribution in [0.5, 0.6) is 0 Å². The van der Waals surface area contributed by atoms with Crippen LogP contribution < -0.4 is 0 Å². The van der Waals surface area contributed by atoms with Crippen LogP contribution in [0.1, 0.15) is 31.2 Å². The van der Waals surface area contributed by atoms with Crippen molar-refractivity contribution in [2.75, 3.05) is 7.05 Å². The molecular formula is C17H21NO2. The first kappa shape index (κ1) is 13.4. The van der Waals surface area contributed by atoms with Gasteiger partial charge >= 0.3 is 5.97 Å². The predicted octanol–water partition coefficient (Wildman–Crippen LogP) is 2.87. The zero-order valence-corrected chi connectivity index (χ0v) is 11.9. The predicted molar refractivity (Wildman–Crippen MR) is 79.2 cm³/mol. The molecule has 2 heterocycles. The summed E-state index contributed by atoms with van der Waals surface area (Å²) in [5, 5.41) is 0. The van der Waals surface area contributed by atoms with Crippen molar-refractivity contribution < 1.29 is 9.53 Å². The van der Waals surface area contributed by atoms with Gasteiger partial charge in [-0.05, 0) is 31.5 Å². The summed E-state index contributed by atoms with van der Waals surface area (Å²) in [4.78, 5) is 14.3. The van der Waals surface area contributed by atoms with E-state index in [1.807, 2.05) is 36.4 Å². The van der Waals surface area contributed by atoms with Gasteiger partial charge in [-0.2, -0.15) is 0 Å². The van der Waals surface area contributed by atoms with Crippen molar-refractivity contribution in [3.05, 3.63) is 42.0 Å². The molecule has 106 valence electrons. The molecule has 0 amide bonds. The van der Waals surface area contributed by atoms with Crippen LogP contribution in [0, 0.1) is 0 Å². The van der Waals surface area contributed by atoms with E-state index >= 15 is 0 Å². The lowest BCUT2D eigenvalue weighted by Crippen LogP contribution is -2.43. The monoisotopic (exact) mass is 271 g/mol. The first-order chi connectivity index (χ1) is 9.72. The molecule has 3 nitrogen and oxygen atoms in total. The van der Waals surface area contributed by atoms with Gasteiger partial charge in [0.25, 0.3) is 0 Å². The molecule has 1 aromatic rings. The minimum atomic E-state index is -0.220. The van der Waals surface area contributed by atoms with Crippen LogP contribution in [0.2, 0.25) is 0 Å². The molecule has 3 heteroatoms. The summed E-state index contributed by atoms with van der Waals surface area (Å²) >= 11 is 0. The molecule has 1 aromatic carbocycles. The van der Waals surface area contributed by atoms with E-state index in [0.717, 1.165) is 18.4 Å². The number of carbonyl (C=O) groups is 1. The van der Waals surface area contributed by atoms with Crippen molar-refractivity contribution in [2.24, 2.45) is 0 Å². The van der Waals surface area contributed by atoms with Gasteiger partial charge in [0.05, 0.1) is 0 Å². The molecule has 3 atom stereocenters. The summed E-state index contributed by atoms with van der Waals surface area (Å²) in [6.45, 7) is 0. The van der Waals surface area contributed by atoms with E-state index in [1.54, 1.807) is 0 Å². The minimum absolute atomic E-state index is 0.0941. The van der Waals surface area contributed by atoms with Gasteiger partial charge in [0.1, 0.15) is 6.10 Å². The van der Waals surface area contributed by atoms with Crippen LogP contribution >= 0.6 is 0 Å². The topological polar surface area (TPSA) is 29.5 Å². The summed E-state index contributed by atoms with van der Waals surface area (Å²) in [5.74, 6) is -0.220. The van der Waals surface area contributed by atoms with Gasteiger partial charge < -0.3 is 9.64 Å². The normalized spacial score (nSPS) is 29.8. The second-order valence-electron chi connectivity index (χ2n) is 5.82. The fourth-order valence-corrected chi connectivity index (χ4v) is 3.39. The highest BCUT2D eigenvalue weighted by Crippen LogP contribution is 2.35. The van der Waals surface area contributed by atoms with E-state index in [9.17, 15) is 4.79 Å². The fourth-order valence-electron chi connectivity index (χ4n) is 3.39. The smallest absolute Gasteiger partial charge is 0.331 e. The molecular weight excluding hydrogens is 250 g/mol. The minimum Gasteiger partial charge on any atom is -0.459 e. The van der Waals surface area contributed by atoms with E-state index < -0.39 is 0 Å². The fraction of sp³-hybridized carbons (Fsp3) is 0.471. The highest BCUT2D eigenvalue weighted by molar-refractivity contribution is 5.87.